The Hall–Kier alpha value is -0.360. The van der Waals surface area contributed by atoms with Gasteiger partial charge in [-0.2, -0.15) is 0 Å². The van der Waals surface area contributed by atoms with Crippen LogP contribution in [0.15, 0.2) is 0 Å². The highest BCUT2D eigenvalue weighted by atomic mass is 16.7. The van der Waals surface area contributed by atoms with E-state index in [1.54, 1.807) is 0 Å². The van der Waals surface area contributed by atoms with E-state index in [0.29, 0.717) is 18.8 Å². The van der Waals surface area contributed by atoms with Gasteiger partial charge in [0.2, 0.25) is 0 Å². The maximum atomic E-state index is 12.1. The summed E-state index contributed by atoms with van der Waals surface area (Å²) in [6.45, 7) is 14.8. The summed E-state index contributed by atoms with van der Waals surface area (Å²) in [6.07, 6.45) is 1.57. The van der Waals surface area contributed by atoms with Gasteiger partial charge >= 0.3 is 0 Å². The van der Waals surface area contributed by atoms with Crippen molar-refractivity contribution in [2.45, 2.75) is 166 Å². The van der Waals surface area contributed by atoms with Crippen LogP contribution in [-0.4, -0.2) is 97.5 Å². The fourth-order valence-electron chi connectivity index (χ4n) is 13.4. The van der Waals surface area contributed by atoms with Gasteiger partial charge < -0.3 is 44.8 Å². The normalized spacial score (nSPS) is 59.8. The molecule has 2 spiro atoms. The molecule has 0 aromatic rings. The Labute approximate surface area is 262 Å². The van der Waals surface area contributed by atoms with E-state index >= 15 is 0 Å². The lowest BCUT2D eigenvalue weighted by Gasteiger charge is -2.64. The third-order valence-corrected chi connectivity index (χ3v) is 15.5. The zero-order valence-electron chi connectivity index (χ0n) is 27.8. The number of rotatable bonds is 4. The predicted octanol–water partition coefficient (Wildman–Crippen LogP) is 2.90. The van der Waals surface area contributed by atoms with Crippen LogP contribution >= 0.6 is 0 Å². The van der Waals surface area contributed by atoms with Gasteiger partial charge in [-0.3, -0.25) is 0 Å². The van der Waals surface area contributed by atoms with E-state index in [9.17, 15) is 30.6 Å². The van der Waals surface area contributed by atoms with Gasteiger partial charge in [0.1, 0.15) is 18.3 Å². The molecular weight excluding hydrogens is 564 g/mol. The molecule has 2 heterocycles. The molecule has 0 aromatic heterocycles. The van der Waals surface area contributed by atoms with E-state index in [1.165, 1.54) is 0 Å². The van der Waals surface area contributed by atoms with E-state index in [2.05, 4.69) is 34.6 Å². The average Bonchev–Trinajstić information content (AvgIpc) is 3.27. The molecule has 252 valence electrons. The Kier molecular flexibility index (Phi) is 7.04. The molecule has 0 amide bonds. The number of aliphatic hydroxyl groups excluding tert-OH is 5. The van der Waals surface area contributed by atoms with Crippen molar-refractivity contribution in [3.8, 4) is 0 Å². The first-order valence-electron chi connectivity index (χ1n) is 17.4. The van der Waals surface area contributed by atoms with Gasteiger partial charge in [-0.1, -0.05) is 27.7 Å². The molecule has 0 aromatic carbocycles. The van der Waals surface area contributed by atoms with Crippen LogP contribution in [0.25, 0.3) is 0 Å². The molecule has 0 bridgehead atoms. The summed E-state index contributed by atoms with van der Waals surface area (Å²) in [5.74, 6) is 0.285. The summed E-state index contributed by atoms with van der Waals surface area (Å²) in [4.78, 5) is 0. The summed E-state index contributed by atoms with van der Waals surface area (Å²) in [6, 6.07) is 0. The zero-order valence-corrected chi connectivity index (χ0v) is 27.8. The lowest BCUT2D eigenvalue weighted by Crippen LogP contribution is -2.63. The van der Waals surface area contributed by atoms with Crippen molar-refractivity contribution in [1.29, 1.82) is 0 Å². The highest BCUT2D eigenvalue weighted by molar-refractivity contribution is 5.33. The number of aliphatic hydroxyl groups is 6. The maximum absolute atomic E-state index is 12.1. The molecule has 7 aliphatic rings. The van der Waals surface area contributed by atoms with Crippen LogP contribution in [0.5, 0.6) is 0 Å². The Morgan fingerprint density at radius 3 is 2.11 bits per heavy atom. The highest BCUT2D eigenvalue weighted by Crippen LogP contribution is 2.89. The van der Waals surface area contributed by atoms with Crippen LogP contribution in [0.4, 0.5) is 0 Å². The third kappa shape index (κ3) is 3.97. The van der Waals surface area contributed by atoms with Crippen molar-refractivity contribution >= 4 is 0 Å². The number of hydrogen-bond acceptors (Lipinski definition) is 9. The SMILES string of the molecule is CC(C)(O)[C@@H]1CC[C@](C)([C@@H]2[C@@H](O)C[C@@]3(C)[C@@H]4C[C@@H](O)[C@H]5C(C)(C)[C@H](O[C@H]6OC[C@@H](O)[C@@H](O)[C@H]6O)CC[C@@]56C[C@@]46CC[C@]23C)O1. The quantitative estimate of drug-likeness (QED) is 0.260. The van der Waals surface area contributed by atoms with E-state index < -0.39 is 53.4 Å². The molecule has 9 nitrogen and oxygen atoms in total. The standard InChI is InChI=1S/C35H58O9/c1-29(2)22(43-28-25(40)24(39)20(38)16-42-28)9-11-35-17-34(35)13-12-31(5)27(33(7)10-8-23(44-33)30(3,4)41)19(37)15-32(31,6)21(34)14-18(36)26(29)35/h18-28,36-41H,8-17H2,1-7H3/t18-,19+,20-,21+,22-,23+,24-,25-,26+,27-,28-,31-,32+,33-,34+,35-/m1/s1. The van der Waals surface area contributed by atoms with Crippen LogP contribution in [0, 0.1) is 44.8 Å². The van der Waals surface area contributed by atoms with E-state index in [0.717, 1.165) is 44.9 Å². The topological polar surface area (TPSA) is 149 Å². The third-order valence-electron chi connectivity index (χ3n) is 15.5. The minimum Gasteiger partial charge on any atom is -0.393 e. The molecule has 44 heavy (non-hydrogen) atoms. The van der Waals surface area contributed by atoms with Crippen molar-refractivity contribution in [1.82, 2.24) is 0 Å². The van der Waals surface area contributed by atoms with Gasteiger partial charge in [-0.15, -0.1) is 0 Å². The monoisotopic (exact) mass is 622 g/mol. The number of ether oxygens (including phenoxy) is 3. The molecule has 7 fully saturated rings. The predicted molar refractivity (Wildman–Crippen MR) is 161 cm³/mol. The lowest BCUT2D eigenvalue weighted by atomic mass is 9.41. The fourth-order valence-corrected chi connectivity index (χ4v) is 13.4. The van der Waals surface area contributed by atoms with Gasteiger partial charge in [0, 0.05) is 5.92 Å². The van der Waals surface area contributed by atoms with Gasteiger partial charge in [-0.25, -0.2) is 0 Å². The van der Waals surface area contributed by atoms with Crippen LogP contribution in [0.1, 0.15) is 106 Å². The second-order valence-electron chi connectivity index (χ2n) is 18.3. The van der Waals surface area contributed by atoms with E-state index in [4.69, 9.17) is 14.2 Å². The first-order valence-corrected chi connectivity index (χ1v) is 17.4. The number of fused-ring (bicyclic) bond motifs is 2. The van der Waals surface area contributed by atoms with E-state index in [-0.39, 0.29) is 52.3 Å². The van der Waals surface area contributed by atoms with Crippen molar-refractivity contribution in [3.05, 3.63) is 0 Å². The minimum absolute atomic E-state index is 0.00753. The summed E-state index contributed by atoms with van der Waals surface area (Å²) >= 11 is 0. The smallest absolute Gasteiger partial charge is 0.186 e. The molecule has 0 radical (unpaired) electrons. The van der Waals surface area contributed by atoms with Crippen LogP contribution in [0.3, 0.4) is 0 Å². The van der Waals surface area contributed by atoms with E-state index in [1.807, 2.05) is 13.8 Å². The molecule has 6 N–H and O–H groups in total. The minimum atomic E-state index is -1.33. The summed E-state index contributed by atoms with van der Waals surface area (Å²) < 4.78 is 18.7. The molecule has 5 saturated carbocycles. The van der Waals surface area contributed by atoms with Gasteiger partial charge in [0.15, 0.2) is 6.29 Å². The molecule has 7 rings (SSSR count). The Bertz CT molecular complexity index is 1160. The first kappa shape index (κ1) is 32.2. The summed E-state index contributed by atoms with van der Waals surface area (Å²) in [5.41, 5.74) is -2.01. The molecule has 0 unspecified atom stereocenters. The second kappa shape index (κ2) is 9.63. The fraction of sp³-hybridized carbons (Fsp3) is 1.00. The molecule has 16 atom stereocenters. The maximum Gasteiger partial charge on any atom is 0.186 e. The van der Waals surface area contributed by atoms with Gasteiger partial charge in [0.05, 0.1) is 42.2 Å². The molecule has 2 saturated heterocycles. The number of hydrogen-bond donors (Lipinski definition) is 6. The van der Waals surface area contributed by atoms with Gasteiger partial charge in [0.25, 0.3) is 0 Å². The zero-order chi connectivity index (χ0) is 32.0. The molecule has 5 aliphatic carbocycles. The van der Waals surface area contributed by atoms with Crippen molar-refractivity contribution < 1.29 is 44.8 Å². The van der Waals surface area contributed by atoms with Crippen LogP contribution < -0.4 is 0 Å². The average molecular weight is 623 g/mol. The Balaban J connectivity index is 1.15. The summed E-state index contributed by atoms with van der Waals surface area (Å²) in [5, 5.41) is 65.5. The second-order valence-corrected chi connectivity index (χ2v) is 18.3. The van der Waals surface area contributed by atoms with Crippen LogP contribution in [0.2, 0.25) is 0 Å². The lowest BCUT2D eigenvalue weighted by molar-refractivity contribution is -0.306. The van der Waals surface area contributed by atoms with Crippen molar-refractivity contribution in [2.24, 2.45) is 44.8 Å². The van der Waals surface area contributed by atoms with Crippen LogP contribution in [-0.2, 0) is 14.2 Å². The van der Waals surface area contributed by atoms with Crippen molar-refractivity contribution in [3.63, 3.8) is 0 Å². The largest absolute Gasteiger partial charge is 0.393 e. The highest BCUT2D eigenvalue weighted by Gasteiger charge is 2.85. The molecular formula is C35H58O9. The molecule has 9 heteroatoms. The molecule has 2 aliphatic heterocycles. The summed E-state index contributed by atoms with van der Waals surface area (Å²) in [7, 11) is 0. The Morgan fingerprint density at radius 1 is 0.750 bits per heavy atom. The van der Waals surface area contributed by atoms with Crippen molar-refractivity contribution in [2.75, 3.05) is 6.61 Å². The van der Waals surface area contributed by atoms with Gasteiger partial charge in [-0.05, 0) is 117 Å². The first-order chi connectivity index (χ1) is 20.3. The Morgan fingerprint density at radius 2 is 1.45 bits per heavy atom.